The van der Waals surface area contributed by atoms with E-state index in [9.17, 15) is 4.79 Å². The van der Waals surface area contributed by atoms with Crippen LogP contribution >= 0.6 is 0 Å². The van der Waals surface area contributed by atoms with Gasteiger partial charge in [0.25, 0.3) is 0 Å². The van der Waals surface area contributed by atoms with Gasteiger partial charge in [-0.05, 0) is 24.3 Å². The van der Waals surface area contributed by atoms with Gasteiger partial charge in [-0.1, -0.05) is 32.0 Å². The molecule has 24 heavy (non-hydrogen) atoms. The van der Waals surface area contributed by atoms with Gasteiger partial charge in [-0.25, -0.2) is 0 Å². The van der Waals surface area contributed by atoms with Crippen molar-refractivity contribution in [2.24, 2.45) is 5.92 Å². The number of nitrogens with one attached hydrogen (secondary N) is 1. The van der Waals surface area contributed by atoms with Crippen LogP contribution in [0, 0.1) is 5.92 Å². The molecule has 1 aromatic carbocycles. The predicted octanol–water partition coefficient (Wildman–Crippen LogP) is 2.40. The first-order valence-corrected chi connectivity index (χ1v) is 8.33. The zero-order valence-corrected chi connectivity index (χ0v) is 14.1. The van der Waals surface area contributed by atoms with Crippen LogP contribution in [0.1, 0.15) is 13.8 Å². The molecule has 0 aliphatic carbocycles. The van der Waals surface area contributed by atoms with E-state index in [4.69, 9.17) is 0 Å². The number of piperazine rings is 1. The zero-order valence-electron chi connectivity index (χ0n) is 14.1. The van der Waals surface area contributed by atoms with Crippen LogP contribution in [0.4, 0.5) is 17.3 Å². The van der Waals surface area contributed by atoms with Crippen molar-refractivity contribution in [2.45, 2.75) is 13.8 Å². The fraction of sp³-hybridized carbons (Fsp3) is 0.389. The molecule has 0 bridgehead atoms. The molecule has 126 valence electrons. The van der Waals surface area contributed by atoms with Crippen LogP contribution in [-0.2, 0) is 4.79 Å². The van der Waals surface area contributed by atoms with E-state index in [1.165, 1.54) is 5.69 Å². The van der Waals surface area contributed by atoms with E-state index >= 15 is 0 Å². The first-order valence-electron chi connectivity index (χ1n) is 8.33. The van der Waals surface area contributed by atoms with Crippen LogP contribution in [0.2, 0.25) is 0 Å². The van der Waals surface area contributed by atoms with Gasteiger partial charge >= 0.3 is 0 Å². The molecule has 0 unspecified atom stereocenters. The van der Waals surface area contributed by atoms with Crippen LogP contribution in [-0.4, -0.2) is 42.3 Å². The molecule has 1 saturated heterocycles. The van der Waals surface area contributed by atoms with Gasteiger partial charge in [0.1, 0.15) is 0 Å². The Balaban J connectivity index is 1.57. The van der Waals surface area contributed by atoms with Crippen LogP contribution in [0.5, 0.6) is 0 Å². The number of carbonyl (C=O) groups excluding carboxylic acids is 1. The first-order chi connectivity index (χ1) is 11.6. The third kappa shape index (κ3) is 3.82. The molecule has 6 heteroatoms. The summed E-state index contributed by atoms with van der Waals surface area (Å²) in [6, 6.07) is 14.2. The largest absolute Gasteiger partial charge is 0.368 e. The number of benzene rings is 1. The minimum absolute atomic E-state index is 0.0477. The summed E-state index contributed by atoms with van der Waals surface area (Å²) in [6.07, 6.45) is 0. The Labute approximate surface area is 142 Å². The van der Waals surface area contributed by atoms with Crippen molar-refractivity contribution in [1.82, 2.24) is 10.2 Å². The summed E-state index contributed by atoms with van der Waals surface area (Å²) < 4.78 is 0. The van der Waals surface area contributed by atoms with E-state index in [1.807, 2.05) is 32.0 Å². The van der Waals surface area contributed by atoms with E-state index < -0.39 is 0 Å². The van der Waals surface area contributed by atoms with Crippen molar-refractivity contribution in [3.63, 3.8) is 0 Å². The van der Waals surface area contributed by atoms with Crippen molar-refractivity contribution in [3.8, 4) is 0 Å². The van der Waals surface area contributed by atoms with Crippen molar-refractivity contribution in [1.29, 1.82) is 0 Å². The predicted molar refractivity (Wildman–Crippen MR) is 96.4 cm³/mol. The van der Waals surface area contributed by atoms with Gasteiger partial charge in [0.15, 0.2) is 11.6 Å². The minimum atomic E-state index is -0.0717. The summed E-state index contributed by atoms with van der Waals surface area (Å²) >= 11 is 0. The third-order valence-corrected chi connectivity index (χ3v) is 4.15. The van der Waals surface area contributed by atoms with E-state index in [1.54, 1.807) is 0 Å². The number of rotatable bonds is 4. The number of aromatic nitrogens is 2. The molecule has 1 N–H and O–H groups in total. The molecule has 2 aromatic rings. The number of hydrogen-bond donors (Lipinski definition) is 1. The lowest BCUT2D eigenvalue weighted by molar-refractivity contribution is -0.118. The van der Waals surface area contributed by atoms with Crippen molar-refractivity contribution in [2.75, 3.05) is 41.3 Å². The lowest BCUT2D eigenvalue weighted by Crippen LogP contribution is -2.46. The molecule has 6 nitrogen and oxygen atoms in total. The molecule has 0 saturated carbocycles. The lowest BCUT2D eigenvalue weighted by atomic mass is 10.2. The maximum atomic E-state index is 11.7. The molecule has 0 spiro atoms. The Bertz CT molecular complexity index is 664. The molecular weight excluding hydrogens is 302 g/mol. The number of carbonyl (C=O) groups is 1. The highest BCUT2D eigenvalue weighted by molar-refractivity contribution is 5.91. The van der Waals surface area contributed by atoms with E-state index in [-0.39, 0.29) is 11.8 Å². The Morgan fingerprint density at radius 3 is 2.21 bits per heavy atom. The van der Waals surface area contributed by atoms with Gasteiger partial charge in [-0.3, -0.25) is 4.79 Å². The molecule has 1 aliphatic rings. The molecule has 0 atom stereocenters. The van der Waals surface area contributed by atoms with E-state index in [2.05, 4.69) is 49.6 Å². The molecule has 3 rings (SSSR count). The SMILES string of the molecule is CC(C)C(=O)Nc1ccc(N2CCN(c3ccccc3)CC2)nn1. The number of para-hydroxylation sites is 1. The Morgan fingerprint density at radius 1 is 0.958 bits per heavy atom. The summed E-state index contributed by atoms with van der Waals surface area (Å²) in [4.78, 5) is 16.3. The van der Waals surface area contributed by atoms with Crippen molar-refractivity contribution < 1.29 is 4.79 Å². The second-order valence-corrected chi connectivity index (χ2v) is 6.23. The molecule has 0 radical (unpaired) electrons. The molecule has 2 heterocycles. The van der Waals surface area contributed by atoms with Crippen LogP contribution < -0.4 is 15.1 Å². The normalized spacial score (nSPS) is 14.8. The van der Waals surface area contributed by atoms with E-state index in [0.717, 1.165) is 32.0 Å². The number of anilines is 3. The molecular formula is C18H23N5O. The highest BCUT2D eigenvalue weighted by Gasteiger charge is 2.18. The first kappa shape index (κ1) is 16.2. The third-order valence-electron chi connectivity index (χ3n) is 4.15. The zero-order chi connectivity index (χ0) is 16.9. The summed E-state index contributed by atoms with van der Waals surface area (Å²) in [6.45, 7) is 7.42. The van der Waals surface area contributed by atoms with Gasteiger partial charge in [-0.15, -0.1) is 10.2 Å². The standard InChI is InChI=1S/C18H23N5O/c1-14(2)18(24)19-16-8-9-17(21-20-16)23-12-10-22(11-13-23)15-6-4-3-5-7-15/h3-9,14H,10-13H2,1-2H3,(H,19,20,24). The lowest BCUT2D eigenvalue weighted by Gasteiger charge is -2.36. The fourth-order valence-corrected chi connectivity index (χ4v) is 2.66. The number of nitrogens with zero attached hydrogens (tertiary/aromatic N) is 4. The van der Waals surface area contributed by atoms with Crippen LogP contribution in [0.25, 0.3) is 0 Å². The number of amides is 1. The van der Waals surface area contributed by atoms with Crippen molar-refractivity contribution in [3.05, 3.63) is 42.5 Å². The van der Waals surface area contributed by atoms with Gasteiger partial charge < -0.3 is 15.1 Å². The molecule has 1 aliphatic heterocycles. The maximum absolute atomic E-state index is 11.7. The average Bonchev–Trinajstić information content (AvgIpc) is 2.63. The quantitative estimate of drug-likeness (QED) is 0.935. The summed E-state index contributed by atoms with van der Waals surface area (Å²) in [5.74, 6) is 1.23. The highest BCUT2D eigenvalue weighted by atomic mass is 16.1. The Kier molecular flexibility index (Phi) is 4.93. The highest BCUT2D eigenvalue weighted by Crippen LogP contribution is 2.19. The Hall–Kier alpha value is -2.63. The smallest absolute Gasteiger partial charge is 0.228 e. The molecule has 1 fully saturated rings. The van der Waals surface area contributed by atoms with Crippen LogP contribution in [0.3, 0.4) is 0 Å². The van der Waals surface area contributed by atoms with Crippen molar-refractivity contribution >= 4 is 23.2 Å². The average molecular weight is 325 g/mol. The topological polar surface area (TPSA) is 61.4 Å². The monoisotopic (exact) mass is 325 g/mol. The second-order valence-electron chi connectivity index (χ2n) is 6.23. The maximum Gasteiger partial charge on any atom is 0.228 e. The fourth-order valence-electron chi connectivity index (χ4n) is 2.66. The summed E-state index contributed by atoms with van der Waals surface area (Å²) in [5, 5.41) is 11.1. The molecule has 1 aromatic heterocycles. The number of hydrogen-bond acceptors (Lipinski definition) is 5. The summed E-state index contributed by atoms with van der Waals surface area (Å²) in [7, 11) is 0. The van der Waals surface area contributed by atoms with E-state index in [0.29, 0.717) is 5.82 Å². The van der Waals surface area contributed by atoms with Crippen LogP contribution in [0.15, 0.2) is 42.5 Å². The van der Waals surface area contributed by atoms with Gasteiger partial charge in [0.2, 0.25) is 5.91 Å². The van der Waals surface area contributed by atoms with Gasteiger partial charge in [0, 0.05) is 37.8 Å². The van der Waals surface area contributed by atoms with Gasteiger partial charge in [-0.2, -0.15) is 0 Å². The summed E-state index contributed by atoms with van der Waals surface area (Å²) in [5.41, 5.74) is 1.26. The van der Waals surface area contributed by atoms with Gasteiger partial charge in [0.05, 0.1) is 0 Å². The minimum Gasteiger partial charge on any atom is -0.368 e. The Morgan fingerprint density at radius 2 is 1.62 bits per heavy atom. The molecule has 1 amide bonds. The second kappa shape index (κ2) is 7.29.